The number of rotatable bonds is 5. The molecule has 1 atom stereocenters. The third kappa shape index (κ3) is 3.84. The summed E-state index contributed by atoms with van der Waals surface area (Å²) >= 11 is 0. The lowest BCUT2D eigenvalue weighted by molar-refractivity contribution is -0.124. The minimum atomic E-state index is -3.49. The molecule has 2 aromatic rings. The zero-order chi connectivity index (χ0) is 19.8. The molecule has 2 aromatic carbocycles. The van der Waals surface area contributed by atoms with E-state index in [2.05, 4.69) is 0 Å². The molecular weight excluding hydrogens is 364 g/mol. The molecule has 144 valence electrons. The molecule has 1 amide bonds. The monoisotopic (exact) mass is 388 g/mol. The number of hydrogen-bond acceptors (Lipinski definition) is 4. The van der Waals surface area contributed by atoms with Crippen LogP contribution in [-0.2, 0) is 21.2 Å². The van der Waals surface area contributed by atoms with Crippen LogP contribution >= 0.6 is 0 Å². The molecule has 27 heavy (non-hydrogen) atoms. The smallest absolute Gasteiger partial charge is 0.267 e. The molecule has 6 nitrogen and oxygen atoms in total. The Bertz CT molecular complexity index is 952. The third-order valence-electron chi connectivity index (χ3n) is 4.67. The highest BCUT2D eigenvalue weighted by Crippen LogP contribution is 2.31. The van der Waals surface area contributed by atoms with Crippen molar-refractivity contribution in [2.24, 2.45) is 0 Å². The van der Waals surface area contributed by atoms with Gasteiger partial charge in [0.1, 0.15) is 5.75 Å². The van der Waals surface area contributed by atoms with E-state index in [4.69, 9.17) is 4.74 Å². The van der Waals surface area contributed by atoms with Crippen molar-refractivity contribution in [3.63, 3.8) is 0 Å². The van der Waals surface area contributed by atoms with E-state index in [0.29, 0.717) is 18.7 Å². The fraction of sp³-hybridized carbons (Fsp3) is 0.350. The van der Waals surface area contributed by atoms with Gasteiger partial charge in [0, 0.05) is 26.3 Å². The highest BCUT2D eigenvalue weighted by Gasteiger charge is 2.30. The summed E-state index contributed by atoms with van der Waals surface area (Å²) in [5.41, 5.74) is 2.73. The van der Waals surface area contributed by atoms with Gasteiger partial charge in [0.05, 0.1) is 4.90 Å². The van der Waals surface area contributed by atoms with Crippen molar-refractivity contribution in [2.75, 3.05) is 25.5 Å². The van der Waals surface area contributed by atoms with Gasteiger partial charge in [-0.25, -0.2) is 12.7 Å². The second-order valence-electron chi connectivity index (χ2n) is 6.89. The number of carbonyl (C=O) groups is 1. The fourth-order valence-electron chi connectivity index (χ4n) is 3.07. The van der Waals surface area contributed by atoms with E-state index in [1.165, 1.54) is 18.4 Å². The van der Waals surface area contributed by atoms with Crippen LogP contribution in [0.3, 0.4) is 0 Å². The van der Waals surface area contributed by atoms with E-state index in [0.717, 1.165) is 16.8 Å². The molecule has 0 fully saturated rings. The number of anilines is 1. The van der Waals surface area contributed by atoms with Gasteiger partial charge in [-0.2, -0.15) is 0 Å². The van der Waals surface area contributed by atoms with Crippen LogP contribution in [-0.4, -0.2) is 45.4 Å². The topological polar surface area (TPSA) is 66.9 Å². The molecule has 3 rings (SSSR count). The van der Waals surface area contributed by atoms with Crippen LogP contribution in [0.5, 0.6) is 5.75 Å². The van der Waals surface area contributed by atoms with Crippen molar-refractivity contribution in [3.8, 4) is 5.75 Å². The molecule has 0 saturated heterocycles. The summed E-state index contributed by atoms with van der Waals surface area (Å²) < 4.78 is 31.6. The summed E-state index contributed by atoms with van der Waals surface area (Å²) in [6.45, 7) is 4.23. The highest BCUT2D eigenvalue weighted by atomic mass is 32.2. The molecule has 7 heteroatoms. The lowest BCUT2D eigenvalue weighted by Gasteiger charge is -2.22. The van der Waals surface area contributed by atoms with Gasteiger partial charge in [-0.3, -0.25) is 4.79 Å². The third-order valence-corrected chi connectivity index (χ3v) is 6.48. The van der Waals surface area contributed by atoms with E-state index in [1.807, 2.05) is 31.2 Å². The van der Waals surface area contributed by atoms with E-state index in [9.17, 15) is 13.2 Å². The average molecular weight is 388 g/mol. The van der Waals surface area contributed by atoms with Gasteiger partial charge in [-0.05, 0) is 56.2 Å². The first-order chi connectivity index (χ1) is 12.7. The zero-order valence-corrected chi connectivity index (χ0v) is 16.8. The first-order valence-corrected chi connectivity index (χ1v) is 10.2. The van der Waals surface area contributed by atoms with Gasteiger partial charge in [-0.1, -0.05) is 17.7 Å². The van der Waals surface area contributed by atoms with Crippen LogP contribution in [0.15, 0.2) is 47.4 Å². The Morgan fingerprint density at radius 3 is 2.44 bits per heavy atom. The molecular formula is C20H24N2O4S. The summed E-state index contributed by atoms with van der Waals surface area (Å²) in [4.78, 5) is 14.8. The van der Waals surface area contributed by atoms with E-state index >= 15 is 0 Å². The summed E-state index contributed by atoms with van der Waals surface area (Å²) in [5.74, 6) is 0.505. The Morgan fingerprint density at radius 1 is 1.15 bits per heavy atom. The summed E-state index contributed by atoms with van der Waals surface area (Å²) in [6, 6.07) is 12.5. The van der Waals surface area contributed by atoms with Crippen molar-refractivity contribution in [1.82, 2.24) is 4.31 Å². The molecule has 1 aliphatic heterocycles. The average Bonchev–Trinajstić information content (AvgIpc) is 3.06. The van der Waals surface area contributed by atoms with E-state index < -0.39 is 16.1 Å². The Hall–Kier alpha value is -2.38. The first kappa shape index (κ1) is 19.4. The standard InChI is InChI=1S/C20H24N2O4S/c1-14-5-7-17(8-6-14)26-15(2)20(23)22-12-11-16-13-18(9-10-19(16)22)27(24,25)21(3)4/h5-10,13,15H,11-12H2,1-4H3/t15-/m1/s1. The Kier molecular flexibility index (Phi) is 5.26. The lowest BCUT2D eigenvalue weighted by Crippen LogP contribution is -2.39. The second kappa shape index (κ2) is 7.32. The number of nitrogens with zero attached hydrogens (tertiary/aromatic N) is 2. The number of sulfonamides is 1. The van der Waals surface area contributed by atoms with Crippen LogP contribution in [0, 0.1) is 6.92 Å². The summed E-state index contributed by atoms with van der Waals surface area (Å²) in [7, 11) is -0.487. The molecule has 0 bridgehead atoms. The minimum Gasteiger partial charge on any atom is -0.481 e. The number of hydrogen-bond donors (Lipinski definition) is 0. The molecule has 0 saturated carbocycles. The van der Waals surface area contributed by atoms with Crippen molar-refractivity contribution >= 4 is 21.6 Å². The fourth-order valence-corrected chi connectivity index (χ4v) is 4.02. The zero-order valence-electron chi connectivity index (χ0n) is 16.0. The van der Waals surface area contributed by atoms with Crippen LogP contribution in [0.2, 0.25) is 0 Å². The van der Waals surface area contributed by atoms with Crippen molar-refractivity contribution in [1.29, 1.82) is 0 Å². The van der Waals surface area contributed by atoms with Gasteiger partial charge < -0.3 is 9.64 Å². The van der Waals surface area contributed by atoms with Gasteiger partial charge in [0.2, 0.25) is 10.0 Å². The maximum atomic E-state index is 12.8. The quantitative estimate of drug-likeness (QED) is 0.790. The predicted molar refractivity (Wildman–Crippen MR) is 105 cm³/mol. The molecule has 1 aliphatic rings. The molecule has 0 aromatic heterocycles. The maximum Gasteiger partial charge on any atom is 0.267 e. The van der Waals surface area contributed by atoms with Crippen LogP contribution in [0.4, 0.5) is 5.69 Å². The second-order valence-corrected chi connectivity index (χ2v) is 9.04. The molecule has 0 spiro atoms. The molecule has 0 unspecified atom stereocenters. The number of benzene rings is 2. The highest BCUT2D eigenvalue weighted by molar-refractivity contribution is 7.89. The predicted octanol–water partition coefficient (Wildman–Crippen LogP) is 2.60. The summed E-state index contributed by atoms with van der Waals surface area (Å²) in [5, 5.41) is 0. The van der Waals surface area contributed by atoms with Crippen molar-refractivity contribution < 1.29 is 17.9 Å². The van der Waals surface area contributed by atoms with E-state index in [-0.39, 0.29) is 10.8 Å². The Morgan fingerprint density at radius 2 is 1.81 bits per heavy atom. The van der Waals surface area contributed by atoms with Crippen LogP contribution in [0.25, 0.3) is 0 Å². The van der Waals surface area contributed by atoms with Crippen LogP contribution < -0.4 is 9.64 Å². The van der Waals surface area contributed by atoms with Crippen molar-refractivity contribution in [3.05, 3.63) is 53.6 Å². The number of fused-ring (bicyclic) bond motifs is 1. The Balaban J connectivity index is 1.78. The number of ether oxygens (including phenoxy) is 1. The van der Waals surface area contributed by atoms with Gasteiger partial charge >= 0.3 is 0 Å². The van der Waals surface area contributed by atoms with E-state index in [1.54, 1.807) is 30.0 Å². The van der Waals surface area contributed by atoms with Gasteiger partial charge in [0.25, 0.3) is 5.91 Å². The molecule has 1 heterocycles. The Labute approximate surface area is 160 Å². The lowest BCUT2D eigenvalue weighted by atomic mass is 10.2. The first-order valence-electron chi connectivity index (χ1n) is 8.80. The number of amides is 1. The minimum absolute atomic E-state index is 0.141. The summed E-state index contributed by atoms with van der Waals surface area (Å²) in [6.07, 6.45) is -0.0152. The normalized spacial score (nSPS) is 14.9. The SMILES string of the molecule is Cc1ccc(O[C@H](C)C(=O)N2CCc3cc(S(=O)(=O)N(C)C)ccc32)cc1. The maximum absolute atomic E-state index is 12.8. The van der Waals surface area contributed by atoms with Gasteiger partial charge in [0.15, 0.2) is 6.10 Å². The van der Waals surface area contributed by atoms with Crippen LogP contribution in [0.1, 0.15) is 18.1 Å². The van der Waals surface area contributed by atoms with Crippen molar-refractivity contribution in [2.45, 2.75) is 31.3 Å². The molecule has 0 aliphatic carbocycles. The number of carbonyl (C=O) groups excluding carboxylic acids is 1. The number of aryl methyl sites for hydroxylation is 1. The van der Waals surface area contributed by atoms with Gasteiger partial charge in [-0.15, -0.1) is 0 Å². The molecule has 0 radical (unpaired) electrons. The largest absolute Gasteiger partial charge is 0.481 e. The molecule has 0 N–H and O–H groups in total.